The highest BCUT2D eigenvalue weighted by Crippen LogP contribution is 2.40. The smallest absolute Gasteiger partial charge is 0.338 e. The Morgan fingerprint density at radius 1 is 1.18 bits per heavy atom. The number of urea groups is 1. The van der Waals surface area contributed by atoms with E-state index < -0.39 is 24.0 Å². The Morgan fingerprint density at radius 2 is 1.91 bits per heavy atom. The number of methoxy groups -OCH3 is 1. The SMILES string of the molecule is CCOC(=O)C1=C(C)NC(=O)NC1c1cc(Cl)c(OC(=O)/C=C/c2ccccc2)c(OC)c1. The van der Waals surface area contributed by atoms with E-state index in [1.807, 2.05) is 30.3 Å². The third kappa shape index (κ3) is 5.72. The van der Waals surface area contributed by atoms with E-state index in [9.17, 15) is 14.4 Å². The average molecular weight is 471 g/mol. The summed E-state index contributed by atoms with van der Waals surface area (Å²) in [6, 6.07) is 11.0. The molecule has 2 aromatic carbocycles. The Hall–Kier alpha value is -3.78. The van der Waals surface area contributed by atoms with Crippen molar-refractivity contribution >= 4 is 35.6 Å². The van der Waals surface area contributed by atoms with Gasteiger partial charge in [0.1, 0.15) is 0 Å². The Balaban J connectivity index is 1.91. The first-order valence-electron chi connectivity index (χ1n) is 10.1. The van der Waals surface area contributed by atoms with E-state index in [0.717, 1.165) is 5.56 Å². The van der Waals surface area contributed by atoms with Crippen LogP contribution in [0.2, 0.25) is 5.02 Å². The summed E-state index contributed by atoms with van der Waals surface area (Å²) >= 11 is 6.41. The Kier molecular flexibility index (Phi) is 7.74. The van der Waals surface area contributed by atoms with Crippen molar-refractivity contribution in [2.45, 2.75) is 19.9 Å². The van der Waals surface area contributed by atoms with Gasteiger partial charge >= 0.3 is 18.0 Å². The highest BCUT2D eigenvalue weighted by atomic mass is 35.5. The summed E-state index contributed by atoms with van der Waals surface area (Å²) in [6.07, 6.45) is 2.89. The molecule has 1 aliphatic heterocycles. The zero-order valence-electron chi connectivity index (χ0n) is 18.3. The fourth-order valence-corrected chi connectivity index (χ4v) is 3.55. The number of hydrogen-bond acceptors (Lipinski definition) is 6. The quantitative estimate of drug-likeness (QED) is 0.358. The van der Waals surface area contributed by atoms with Gasteiger partial charge in [0.15, 0.2) is 11.5 Å². The molecule has 1 heterocycles. The van der Waals surface area contributed by atoms with Gasteiger partial charge in [0.2, 0.25) is 0 Å². The average Bonchev–Trinajstić information content (AvgIpc) is 2.79. The van der Waals surface area contributed by atoms with E-state index in [4.69, 9.17) is 25.8 Å². The molecule has 0 saturated heterocycles. The number of rotatable bonds is 7. The maximum atomic E-state index is 12.5. The zero-order valence-corrected chi connectivity index (χ0v) is 19.1. The third-order valence-corrected chi connectivity index (χ3v) is 5.04. The number of carbonyl (C=O) groups excluding carboxylic acids is 3. The van der Waals surface area contributed by atoms with Gasteiger partial charge in [-0.1, -0.05) is 41.9 Å². The van der Waals surface area contributed by atoms with Crippen LogP contribution in [0, 0.1) is 0 Å². The van der Waals surface area contributed by atoms with Crippen molar-refractivity contribution in [3.8, 4) is 11.5 Å². The molecule has 2 amide bonds. The summed E-state index contributed by atoms with van der Waals surface area (Å²) in [5.41, 5.74) is 1.87. The fourth-order valence-electron chi connectivity index (χ4n) is 3.29. The Bertz CT molecular complexity index is 1130. The molecule has 9 heteroatoms. The van der Waals surface area contributed by atoms with Gasteiger partial charge in [-0.15, -0.1) is 0 Å². The number of hydrogen-bond donors (Lipinski definition) is 2. The van der Waals surface area contributed by atoms with Crippen LogP contribution < -0.4 is 20.1 Å². The molecule has 0 saturated carbocycles. The number of nitrogens with one attached hydrogen (secondary N) is 2. The lowest BCUT2D eigenvalue weighted by Crippen LogP contribution is -2.45. The molecule has 0 spiro atoms. The molecular formula is C24H23ClN2O6. The van der Waals surface area contributed by atoms with Gasteiger partial charge < -0.3 is 24.8 Å². The first kappa shape index (κ1) is 23.9. The number of halogens is 1. The number of amides is 2. The van der Waals surface area contributed by atoms with Crippen LogP contribution in [0.5, 0.6) is 11.5 Å². The van der Waals surface area contributed by atoms with E-state index in [1.165, 1.54) is 25.3 Å². The van der Waals surface area contributed by atoms with E-state index >= 15 is 0 Å². The van der Waals surface area contributed by atoms with Crippen LogP contribution in [0.25, 0.3) is 6.08 Å². The van der Waals surface area contributed by atoms with Gasteiger partial charge in [-0.3, -0.25) is 0 Å². The minimum Gasteiger partial charge on any atom is -0.493 e. The lowest BCUT2D eigenvalue weighted by Gasteiger charge is -2.28. The topological polar surface area (TPSA) is 103 Å². The lowest BCUT2D eigenvalue weighted by atomic mass is 9.95. The monoisotopic (exact) mass is 470 g/mol. The van der Waals surface area contributed by atoms with Crippen molar-refractivity contribution in [3.05, 3.63) is 76.0 Å². The van der Waals surface area contributed by atoms with Crippen LogP contribution in [0.15, 0.2) is 59.8 Å². The maximum absolute atomic E-state index is 12.5. The Morgan fingerprint density at radius 3 is 2.58 bits per heavy atom. The minimum atomic E-state index is -0.841. The predicted octanol–water partition coefficient (Wildman–Crippen LogP) is 4.16. The molecule has 33 heavy (non-hydrogen) atoms. The summed E-state index contributed by atoms with van der Waals surface area (Å²) in [6.45, 7) is 3.46. The largest absolute Gasteiger partial charge is 0.493 e. The number of ether oxygens (including phenoxy) is 3. The van der Waals surface area contributed by atoms with Crippen molar-refractivity contribution in [1.82, 2.24) is 10.6 Å². The van der Waals surface area contributed by atoms with Gasteiger partial charge in [-0.2, -0.15) is 0 Å². The van der Waals surface area contributed by atoms with E-state index in [1.54, 1.807) is 19.9 Å². The van der Waals surface area contributed by atoms with Gasteiger partial charge in [0.05, 0.1) is 30.4 Å². The molecule has 0 bridgehead atoms. The molecule has 3 rings (SSSR count). The molecule has 8 nitrogen and oxygen atoms in total. The molecule has 2 N–H and O–H groups in total. The van der Waals surface area contributed by atoms with Gasteiger partial charge in [0, 0.05) is 11.8 Å². The molecule has 0 aromatic heterocycles. The highest BCUT2D eigenvalue weighted by molar-refractivity contribution is 6.32. The van der Waals surface area contributed by atoms with Crippen LogP contribution >= 0.6 is 11.6 Å². The minimum absolute atomic E-state index is 0.0178. The molecular weight excluding hydrogens is 448 g/mol. The number of carbonyl (C=O) groups is 3. The van der Waals surface area contributed by atoms with Crippen molar-refractivity contribution in [3.63, 3.8) is 0 Å². The fraction of sp³-hybridized carbons (Fsp3) is 0.208. The van der Waals surface area contributed by atoms with Gasteiger partial charge in [-0.25, -0.2) is 14.4 Å². The second kappa shape index (κ2) is 10.7. The van der Waals surface area contributed by atoms with Crippen LogP contribution in [-0.4, -0.2) is 31.7 Å². The maximum Gasteiger partial charge on any atom is 0.338 e. The molecule has 2 aromatic rings. The van der Waals surface area contributed by atoms with Crippen LogP contribution in [-0.2, 0) is 14.3 Å². The molecule has 0 aliphatic carbocycles. The molecule has 1 aliphatic rings. The number of esters is 2. The van der Waals surface area contributed by atoms with Crippen LogP contribution in [0.4, 0.5) is 4.79 Å². The first-order chi connectivity index (χ1) is 15.8. The van der Waals surface area contributed by atoms with E-state index in [0.29, 0.717) is 11.3 Å². The molecule has 0 radical (unpaired) electrons. The first-order valence-corrected chi connectivity index (χ1v) is 10.5. The number of benzene rings is 2. The molecule has 172 valence electrons. The third-order valence-electron chi connectivity index (χ3n) is 4.76. The number of allylic oxidation sites excluding steroid dienone is 1. The van der Waals surface area contributed by atoms with Crippen molar-refractivity contribution in [2.24, 2.45) is 0 Å². The summed E-state index contributed by atoms with van der Waals surface area (Å²) < 4.78 is 15.9. The summed E-state index contributed by atoms with van der Waals surface area (Å²) in [5.74, 6) is -1.05. The second-order valence-electron chi connectivity index (χ2n) is 6.99. The van der Waals surface area contributed by atoms with E-state index in [-0.39, 0.29) is 28.7 Å². The second-order valence-corrected chi connectivity index (χ2v) is 7.40. The Labute approximate surface area is 196 Å². The summed E-state index contributed by atoms with van der Waals surface area (Å²) in [4.78, 5) is 36.9. The standard InChI is InChI=1S/C24H23ClN2O6/c1-4-32-23(29)20-14(2)26-24(30)27-21(20)16-12-17(25)22(18(13-16)31-3)33-19(28)11-10-15-8-6-5-7-9-15/h5-13,21H,4H2,1-3H3,(H2,26,27,30)/b11-10+. The molecule has 0 fully saturated rings. The van der Waals surface area contributed by atoms with Crippen molar-refractivity contribution in [2.75, 3.05) is 13.7 Å². The van der Waals surface area contributed by atoms with Gasteiger partial charge in [0.25, 0.3) is 0 Å². The van der Waals surface area contributed by atoms with Crippen LogP contribution in [0.1, 0.15) is 31.0 Å². The van der Waals surface area contributed by atoms with Crippen molar-refractivity contribution in [1.29, 1.82) is 0 Å². The van der Waals surface area contributed by atoms with Gasteiger partial charge in [-0.05, 0) is 43.2 Å². The molecule has 1 atom stereocenters. The molecule has 1 unspecified atom stereocenters. The lowest BCUT2D eigenvalue weighted by molar-refractivity contribution is -0.139. The predicted molar refractivity (Wildman–Crippen MR) is 123 cm³/mol. The summed E-state index contributed by atoms with van der Waals surface area (Å²) in [7, 11) is 1.39. The normalized spacial score (nSPS) is 15.6. The van der Waals surface area contributed by atoms with Crippen molar-refractivity contribution < 1.29 is 28.6 Å². The highest BCUT2D eigenvalue weighted by Gasteiger charge is 2.33. The van der Waals surface area contributed by atoms with Crippen LogP contribution in [0.3, 0.4) is 0 Å². The zero-order chi connectivity index (χ0) is 24.0. The van der Waals surface area contributed by atoms with E-state index in [2.05, 4.69) is 10.6 Å². The summed E-state index contributed by atoms with van der Waals surface area (Å²) in [5, 5.41) is 5.32.